The van der Waals surface area contributed by atoms with Crippen LogP contribution in [-0.2, 0) is 14.3 Å². The molecule has 2 aromatic rings. The van der Waals surface area contributed by atoms with Crippen molar-refractivity contribution in [3.8, 4) is 17.2 Å². The van der Waals surface area contributed by atoms with E-state index >= 15 is 0 Å². The van der Waals surface area contributed by atoms with Gasteiger partial charge in [0.05, 0.1) is 17.2 Å². The van der Waals surface area contributed by atoms with E-state index in [-0.39, 0.29) is 28.8 Å². The second-order valence-corrected chi connectivity index (χ2v) is 7.82. The first-order chi connectivity index (χ1) is 15.3. The first-order valence-electron chi connectivity index (χ1n) is 10.4. The van der Waals surface area contributed by atoms with Gasteiger partial charge in [-0.2, -0.15) is 0 Å². The number of phenols is 1. The zero-order valence-electron chi connectivity index (χ0n) is 17.9. The monoisotopic (exact) mass is 460 g/mol. The molecule has 0 radical (unpaired) electrons. The lowest BCUT2D eigenvalue weighted by molar-refractivity contribution is -0.152. The van der Waals surface area contributed by atoms with Gasteiger partial charge < -0.3 is 24.8 Å². The Labute approximate surface area is 191 Å². The summed E-state index contributed by atoms with van der Waals surface area (Å²) in [6.07, 6.45) is 2.97. The molecule has 0 aliphatic carbocycles. The Morgan fingerprint density at radius 3 is 2.50 bits per heavy atom. The third-order valence-electron chi connectivity index (χ3n) is 5.01. The lowest BCUT2D eigenvalue weighted by Gasteiger charge is -2.27. The quantitative estimate of drug-likeness (QED) is 0.509. The Hall–Kier alpha value is -3.26. The highest BCUT2D eigenvalue weighted by molar-refractivity contribution is 6.37. The molecule has 2 N–H and O–H groups in total. The number of carbonyl (C=O) groups is 3. The van der Waals surface area contributed by atoms with E-state index in [1.807, 2.05) is 0 Å². The lowest BCUT2D eigenvalue weighted by Crippen LogP contribution is -2.35. The van der Waals surface area contributed by atoms with Crippen LogP contribution in [0.5, 0.6) is 17.2 Å². The molecular weight excluding hydrogens is 436 g/mol. The molecule has 32 heavy (non-hydrogen) atoms. The first kappa shape index (κ1) is 23.4. The van der Waals surface area contributed by atoms with Crippen molar-refractivity contribution in [3.63, 3.8) is 0 Å². The van der Waals surface area contributed by atoms with Gasteiger partial charge in [-0.3, -0.25) is 9.59 Å². The fourth-order valence-electron chi connectivity index (χ4n) is 3.45. The fraction of sp³-hybridized carbons (Fsp3) is 0.348. The van der Waals surface area contributed by atoms with Gasteiger partial charge in [0.15, 0.2) is 0 Å². The normalized spacial score (nSPS) is 13.4. The molecule has 170 valence electrons. The zero-order valence-corrected chi connectivity index (χ0v) is 18.7. The molecule has 8 nitrogen and oxygen atoms in total. The van der Waals surface area contributed by atoms with Crippen molar-refractivity contribution in [1.29, 1.82) is 0 Å². The second-order valence-electron chi connectivity index (χ2n) is 7.41. The van der Waals surface area contributed by atoms with E-state index in [1.165, 1.54) is 24.3 Å². The molecule has 3 rings (SSSR count). The highest BCUT2D eigenvalue weighted by Gasteiger charge is 2.22. The zero-order chi connectivity index (χ0) is 23.3. The van der Waals surface area contributed by atoms with Gasteiger partial charge in [0.2, 0.25) is 0 Å². The maximum atomic E-state index is 12.8. The van der Waals surface area contributed by atoms with Crippen LogP contribution in [-0.4, -0.2) is 47.5 Å². The van der Waals surface area contributed by atoms with Crippen molar-refractivity contribution < 1.29 is 29.0 Å². The Bertz CT molecular complexity index is 1010. The van der Waals surface area contributed by atoms with Gasteiger partial charge >= 0.3 is 11.9 Å². The molecule has 0 atom stereocenters. The molecule has 0 bridgehead atoms. The number of rotatable bonds is 5. The Balaban J connectivity index is 1.79. The standard InChI is InChI=1S/C23H25ClN2O6/c1-3-31-23(30)21(28)25-15-11-14(2)20(18(24)12-15)32-16-7-8-19(27)17(13-16)22(29)26-9-5-4-6-10-26/h7-8,11-13,27H,3-6,9-10H2,1-2H3,(H,25,28). The van der Waals surface area contributed by atoms with Gasteiger partial charge in [0, 0.05) is 18.8 Å². The third-order valence-corrected chi connectivity index (χ3v) is 5.29. The topological polar surface area (TPSA) is 105 Å². The Kier molecular flexibility index (Phi) is 7.58. The molecule has 0 aromatic heterocycles. The van der Waals surface area contributed by atoms with E-state index in [9.17, 15) is 19.5 Å². The summed E-state index contributed by atoms with van der Waals surface area (Å²) in [5.74, 6) is -1.61. The summed E-state index contributed by atoms with van der Waals surface area (Å²) >= 11 is 6.35. The molecular formula is C23H25ClN2O6. The van der Waals surface area contributed by atoms with E-state index in [0.717, 1.165) is 19.3 Å². The maximum Gasteiger partial charge on any atom is 0.397 e. The number of anilines is 1. The third kappa shape index (κ3) is 5.50. The number of hydrogen-bond donors (Lipinski definition) is 2. The highest BCUT2D eigenvalue weighted by Crippen LogP contribution is 2.37. The van der Waals surface area contributed by atoms with Crippen molar-refractivity contribution in [3.05, 3.63) is 46.5 Å². The number of esters is 1. The summed E-state index contributed by atoms with van der Waals surface area (Å²) in [4.78, 5) is 37.9. The minimum atomic E-state index is -0.989. The van der Waals surface area contributed by atoms with Crippen LogP contribution in [0.4, 0.5) is 5.69 Å². The van der Waals surface area contributed by atoms with E-state index < -0.39 is 11.9 Å². The number of ether oxygens (including phenoxy) is 2. The number of amides is 2. The van der Waals surface area contributed by atoms with Crippen LogP contribution in [0.25, 0.3) is 0 Å². The predicted molar refractivity (Wildman–Crippen MR) is 119 cm³/mol. The number of piperidine rings is 1. The molecule has 0 saturated carbocycles. The summed E-state index contributed by atoms with van der Waals surface area (Å²) in [6.45, 7) is 4.74. The van der Waals surface area contributed by atoms with Crippen LogP contribution in [0, 0.1) is 6.92 Å². The molecule has 0 spiro atoms. The van der Waals surface area contributed by atoms with Crippen LogP contribution in [0.2, 0.25) is 5.02 Å². The summed E-state index contributed by atoms with van der Waals surface area (Å²) in [7, 11) is 0. The van der Waals surface area contributed by atoms with Crippen LogP contribution >= 0.6 is 11.6 Å². The van der Waals surface area contributed by atoms with Gasteiger partial charge in [-0.05, 0) is 69.0 Å². The van der Waals surface area contributed by atoms with E-state index in [1.54, 1.807) is 24.8 Å². The summed E-state index contributed by atoms with van der Waals surface area (Å²) in [5.41, 5.74) is 1.06. The molecule has 1 heterocycles. The number of phenolic OH excluding ortho intramolecular Hbond substituents is 1. The number of nitrogens with zero attached hydrogens (tertiary/aromatic N) is 1. The maximum absolute atomic E-state index is 12.8. The summed E-state index contributed by atoms with van der Waals surface area (Å²) in [5, 5.41) is 12.8. The van der Waals surface area contributed by atoms with Crippen molar-refractivity contribution in [1.82, 2.24) is 4.90 Å². The van der Waals surface area contributed by atoms with Crippen molar-refractivity contribution >= 4 is 35.1 Å². The largest absolute Gasteiger partial charge is 0.507 e. The number of benzene rings is 2. The molecule has 0 unspecified atom stereocenters. The second kappa shape index (κ2) is 10.4. The van der Waals surface area contributed by atoms with Crippen LogP contribution in [0.15, 0.2) is 30.3 Å². The van der Waals surface area contributed by atoms with Crippen molar-refractivity contribution in [2.24, 2.45) is 0 Å². The van der Waals surface area contributed by atoms with Gasteiger partial charge in [-0.25, -0.2) is 4.79 Å². The van der Waals surface area contributed by atoms with Crippen LogP contribution in [0.1, 0.15) is 42.1 Å². The molecule has 1 fully saturated rings. The van der Waals surface area contributed by atoms with Gasteiger partial charge in [-0.1, -0.05) is 11.6 Å². The van der Waals surface area contributed by atoms with Crippen LogP contribution in [0.3, 0.4) is 0 Å². The molecule has 1 saturated heterocycles. The Morgan fingerprint density at radius 2 is 1.84 bits per heavy atom. The Morgan fingerprint density at radius 1 is 1.12 bits per heavy atom. The first-order valence-corrected chi connectivity index (χ1v) is 10.8. The van der Waals surface area contributed by atoms with Gasteiger partial charge in [-0.15, -0.1) is 0 Å². The van der Waals surface area contributed by atoms with E-state index in [0.29, 0.717) is 35.8 Å². The minimum Gasteiger partial charge on any atom is -0.507 e. The number of aryl methyl sites for hydroxylation is 1. The molecule has 2 amide bonds. The number of aromatic hydroxyl groups is 1. The summed E-state index contributed by atoms with van der Waals surface area (Å²) in [6, 6.07) is 7.47. The number of halogens is 1. The summed E-state index contributed by atoms with van der Waals surface area (Å²) < 4.78 is 10.6. The predicted octanol–water partition coefficient (Wildman–Crippen LogP) is 4.27. The van der Waals surface area contributed by atoms with E-state index in [4.69, 9.17) is 16.3 Å². The average molecular weight is 461 g/mol. The number of carbonyl (C=O) groups excluding carboxylic acids is 3. The molecule has 2 aromatic carbocycles. The molecule has 9 heteroatoms. The highest BCUT2D eigenvalue weighted by atomic mass is 35.5. The number of likely N-dealkylation sites (tertiary alicyclic amines) is 1. The van der Waals surface area contributed by atoms with E-state index in [2.05, 4.69) is 10.1 Å². The fourth-order valence-corrected chi connectivity index (χ4v) is 3.75. The lowest BCUT2D eigenvalue weighted by atomic mass is 10.1. The van der Waals surface area contributed by atoms with Crippen molar-refractivity contribution in [2.45, 2.75) is 33.1 Å². The molecule has 1 aliphatic heterocycles. The number of hydrogen-bond acceptors (Lipinski definition) is 6. The van der Waals surface area contributed by atoms with Crippen molar-refractivity contribution in [2.75, 3.05) is 25.0 Å². The minimum absolute atomic E-state index is 0.0910. The van der Waals surface area contributed by atoms with Crippen LogP contribution < -0.4 is 10.1 Å². The van der Waals surface area contributed by atoms with Gasteiger partial charge in [0.1, 0.15) is 17.2 Å². The smallest absolute Gasteiger partial charge is 0.397 e. The van der Waals surface area contributed by atoms with Gasteiger partial charge in [0.25, 0.3) is 5.91 Å². The number of nitrogens with one attached hydrogen (secondary N) is 1. The SMILES string of the molecule is CCOC(=O)C(=O)Nc1cc(C)c(Oc2ccc(O)c(C(=O)N3CCCCC3)c2)c(Cl)c1. The molecule has 1 aliphatic rings. The average Bonchev–Trinajstić information content (AvgIpc) is 2.77.